The van der Waals surface area contributed by atoms with Crippen molar-refractivity contribution in [3.63, 3.8) is 0 Å². The number of hydrogen-bond acceptors (Lipinski definition) is 3. The molecule has 0 aromatic heterocycles. The molecule has 28 heavy (non-hydrogen) atoms. The van der Waals surface area contributed by atoms with Gasteiger partial charge in [0.15, 0.2) is 0 Å². The molecule has 2 aromatic rings. The Morgan fingerprint density at radius 3 is 2.46 bits per heavy atom. The number of sulfonamides is 1. The quantitative estimate of drug-likeness (QED) is 0.790. The van der Waals surface area contributed by atoms with E-state index in [0.29, 0.717) is 19.6 Å². The molecule has 1 heterocycles. The van der Waals surface area contributed by atoms with E-state index in [-0.39, 0.29) is 17.6 Å². The van der Waals surface area contributed by atoms with Crippen LogP contribution in [0.1, 0.15) is 24.0 Å². The first-order chi connectivity index (χ1) is 13.5. The first-order valence-electron chi connectivity index (χ1n) is 9.39. The zero-order chi connectivity index (χ0) is 19.8. The predicted molar refractivity (Wildman–Crippen MR) is 110 cm³/mol. The first kappa shape index (κ1) is 20.1. The van der Waals surface area contributed by atoms with Gasteiger partial charge in [-0.1, -0.05) is 54.5 Å². The van der Waals surface area contributed by atoms with E-state index in [2.05, 4.69) is 16.6 Å². The van der Waals surface area contributed by atoms with E-state index in [1.807, 2.05) is 48.5 Å². The van der Waals surface area contributed by atoms with Crippen LogP contribution < -0.4 is 4.72 Å². The van der Waals surface area contributed by atoms with Crippen molar-refractivity contribution < 1.29 is 13.2 Å². The number of carbonyl (C=O) groups is 1. The molecule has 0 bridgehead atoms. The molecule has 1 unspecified atom stereocenters. The zero-order valence-electron chi connectivity index (χ0n) is 15.7. The highest BCUT2D eigenvalue weighted by Gasteiger charge is 2.24. The van der Waals surface area contributed by atoms with E-state index in [9.17, 15) is 13.2 Å². The Hall–Kier alpha value is -2.62. The van der Waals surface area contributed by atoms with Gasteiger partial charge in [0.05, 0.1) is 5.75 Å². The minimum absolute atomic E-state index is 0.0360. The van der Waals surface area contributed by atoms with Crippen LogP contribution in [-0.2, 0) is 20.6 Å². The molecule has 0 saturated carbocycles. The van der Waals surface area contributed by atoms with Crippen molar-refractivity contribution in [1.29, 1.82) is 0 Å². The van der Waals surface area contributed by atoms with Gasteiger partial charge in [0.1, 0.15) is 0 Å². The monoisotopic (exact) mass is 396 g/mol. The maximum absolute atomic E-state index is 12.4. The number of nitrogens with one attached hydrogen (secondary N) is 1. The third-order valence-electron chi connectivity index (χ3n) is 4.69. The molecule has 1 aliphatic heterocycles. The summed E-state index contributed by atoms with van der Waals surface area (Å²) in [5.41, 5.74) is 1.56. The van der Waals surface area contributed by atoms with Gasteiger partial charge in [-0.05, 0) is 36.5 Å². The molecule has 6 heteroatoms. The largest absolute Gasteiger partial charge is 0.332 e. The number of piperidine rings is 1. The van der Waals surface area contributed by atoms with E-state index in [4.69, 9.17) is 0 Å². The Kier molecular flexibility index (Phi) is 6.85. The molecule has 1 fully saturated rings. The summed E-state index contributed by atoms with van der Waals surface area (Å²) in [5, 5.41) is 0. The number of likely N-dealkylation sites (tertiary alicyclic amines) is 1. The summed E-state index contributed by atoms with van der Waals surface area (Å²) in [6, 6.07) is 18.5. The number of hydrogen-bond donors (Lipinski definition) is 1. The van der Waals surface area contributed by atoms with Crippen molar-refractivity contribution >= 4 is 15.9 Å². The van der Waals surface area contributed by atoms with Crippen molar-refractivity contribution in [1.82, 2.24) is 9.62 Å². The number of rotatable bonds is 5. The van der Waals surface area contributed by atoms with E-state index >= 15 is 0 Å². The zero-order valence-corrected chi connectivity index (χ0v) is 16.5. The van der Waals surface area contributed by atoms with Crippen LogP contribution in [0.25, 0.3) is 0 Å². The Morgan fingerprint density at radius 2 is 1.75 bits per heavy atom. The Labute approximate surface area is 166 Å². The van der Waals surface area contributed by atoms with Crippen molar-refractivity contribution in [2.24, 2.45) is 5.92 Å². The van der Waals surface area contributed by atoms with Crippen molar-refractivity contribution in [2.45, 2.75) is 18.6 Å². The number of amides is 1. The second kappa shape index (κ2) is 9.54. The van der Waals surface area contributed by atoms with Gasteiger partial charge in [-0.2, -0.15) is 0 Å². The lowest BCUT2D eigenvalue weighted by Crippen LogP contribution is -2.43. The SMILES string of the molecule is O=C(C#Cc1ccccc1)N1CCCC(CNS(=O)(=O)Cc2ccccc2)C1. The van der Waals surface area contributed by atoms with E-state index < -0.39 is 10.0 Å². The van der Waals surface area contributed by atoms with Crippen LogP contribution >= 0.6 is 0 Å². The normalized spacial score (nSPS) is 16.9. The average Bonchev–Trinajstić information content (AvgIpc) is 2.72. The molecule has 3 rings (SSSR count). The standard InChI is InChI=1S/C22H24N2O3S/c25-22(14-13-19-8-3-1-4-9-19)24-15-7-12-21(17-24)16-23-28(26,27)18-20-10-5-2-6-11-20/h1-6,8-11,21,23H,7,12,15-18H2. The van der Waals surface area contributed by atoms with Crippen LogP contribution in [0.15, 0.2) is 60.7 Å². The molecule has 1 saturated heterocycles. The Morgan fingerprint density at radius 1 is 1.07 bits per heavy atom. The van der Waals surface area contributed by atoms with Crippen LogP contribution in [0, 0.1) is 17.8 Å². The van der Waals surface area contributed by atoms with Crippen LogP contribution in [0.5, 0.6) is 0 Å². The summed E-state index contributed by atoms with van der Waals surface area (Å²) in [6.07, 6.45) is 1.74. The fraction of sp³-hybridized carbons (Fsp3) is 0.318. The van der Waals surface area contributed by atoms with Crippen molar-refractivity contribution in [2.75, 3.05) is 19.6 Å². The second-order valence-corrected chi connectivity index (χ2v) is 8.78. The molecular weight excluding hydrogens is 372 g/mol. The predicted octanol–water partition coefficient (Wildman–Crippen LogP) is 2.40. The van der Waals surface area contributed by atoms with Gasteiger partial charge in [-0.3, -0.25) is 4.79 Å². The highest BCUT2D eigenvalue weighted by atomic mass is 32.2. The van der Waals surface area contributed by atoms with Crippen LogP contribution in [0.3, 0.4) is 0 Å². The Bertz CT molecular complexity index is 948. The minimum Gasteiger partial charge on any atom is -0.332 e. The number of benzene rings is 2. The first-order valence-corrected chi connectivity index (χ1v) is 11.0. The van der Waals surface area contributed by atoms with Crippen molar-refractivity contribution in [3.05, 3.63) is 71.8 Å². The summed E-state index contributed by atoms with van der Waals surface area (Å²) in [6.45, 7) is 1.52. The lowest BCUT2D eigenvalue weighted by Gasteiger charge is -2.31. The highest BCUT2D eigenvalue weighted by molar-refractivity contribution is 7.88. The summed E-state index contributed by atoms with van der Waals surface area (Å²) < 4.78 is 27.3. The van der Waals surface area contributed by atoms with Gasteiger partial charge in [0.2, 0.25) is 10.0 Å². The maximum Gasteiger partial charge on any atom is 0.298 e. The molecule has 146 valence electrons. The van der Waals surface area contributed by atoms with Crippen LogP contribution in [0.2, 0.25) is 0 Å². The lowest BCUT2D eigenvalue weighted by molar-refractivity contribution is -0.126. The molecular formula is C22H24N2O3S. The molecule has 0 aliphatic carbocycles. The van der Waals surface area contributed by atoms with Crippen LogP contribution in [0.4, 0.5) is 0 Å². The van der Waals surface area contributed by atoms with E-state index in [1.165, 1.54) is 0 Å². The highest BCUT2D eigenvalue weighted by Crippen LogP contribution is 2.16. The fourth-order valence-corrected chi connectivity index (χ4v) is 4.45. The van der Waals surface area contributed by atoms with Crippen molar-refractivity contribution in [3.8, 4) is 11.8 Å². The van der Waals surface area contributed by atoms with Gasteiger partial charge < -0.3 is 4.90 Å². The topological polar surface area (TPSA) is 66.5 Å². The van der Waals surface area contributed by atoms with E-state index in [0.717, 1.165) is 24.0 Å². The minimum atomic E-state index is -3.40. The lowest BCUT2D eigenvalue weighted by atomic mass is 9.98. The van der Waals surface area contributed by atoms with Crippen LogP contribution in [-0.4, -0.2) is 38.9 Å². The summed E-state index contributed by atoms with van der Waals surface area (Å²) in [7, 11) is -3.40. The number of carbonyl (C=O) groups excluding carboxylic acids is 1. The molecule has 1 amide bonds. The molecule has 1 N–H and O–H groups in total. The summed E-state index contributed by atoms with van der Waals surface area (Å²) >= 11 is 0. The molecule has 5 nitrogen and oxygen atoms in total. The summed E-state index contributed by atoms with van der Waals surface area (Å²) in [5.74, 6) is 5.44. The summed E-state index contributed by atoms with van der Waals surface area (Å²) in [4.78, 5) is 14.1. The fourth-order valence-electron chi connectivity index (χ4n) is 3.23. The maximum atomic E-state index is 12.4. The third kappa shape index (κ3) is 6.22. The molecule has 1 atom stereocenters. The number of nitrogens with zero attached hydrogens (tertiary/aromatic N) is 1. The molecule has 1 aliphatic rings. The van der Waals surface area contributed by atoms with Gasteiger partial charge in [-0.25, -0.2) is 13.1 Å². The molecule has 0 spiro atoms. The average molecular weight is 397 g/mol. The Balaban J connectivity index is 1.52. The second-order valence-electron chi connectivity index (χ2n) is 6.97. The smallest absolute Gasteiger partial charge is 0.298 e. The molecule has 0 radical (unpaired) electrons. The molecule has 2 aromatic carbocycles. The van der Waals surface area contributed by atoms with Gasteiger partial charge in [-0.15, -0.1) is 0 Å². The van der Waals surface area contributed by atoms with Gasteiger partial charge >= 0.3 is 0 Å². The third-order valence-corrected chi connectivity index (χ3v) is 6.01. The van der Waals surface area contributed by atoms with Gasteiger partial charge in [0, 0.05) is 31.1 Å². The van der Waals surface area contributed by atoms with E-state index in [1.54, 1.807) is 17.0 Å². The van der Waals surface area contributed by atoms with Gasteiger partial charge in [0.25, 0.3) is 5.91 Å².